The Balaban J connectivity index is 1.64. The highest BCUT2D eigenvalue weighted by Crippen LogP contribution is 2.33. The van der Waals surface area contributed by atoms with Crippen LogP contribution in [0.2, 0.25) is 0 Å². The molecule has 0 unspecified atom stereocenters. The van der Waals surface area contributed by atoms with Crippen molar-refractivity contribution in [2.24, 2.45) is 0 Å². The van der Waals surface area contributed by atoms with Crippen LogP contribution in [0.5, 0.6) is 5.75 Å². The van der Waals surface area contributed by atoms with E-state index in [-0.39, 0.29) is 38.1 Å². The first-order chi connectivity index (χ1) is 12.1. The number of ether oxygens (including phenoxy) is 3. The minimum absolute atomic E-state index is 0.0692. The summed E-state index contributed by atoms with van der Waals surface area (Å²) >= 11 is 0. The number of esters is 1. The molecule has 0 saturated carbocycles. The van der Waals surface area contributed by atoms with E-state index in [1.54, 1.807) is 0 Å². The maximum absolute atomic E-state index is 12.0. The summed E-state index contributed by atoms with van der Waals surface area (Å²) in [6, 6.07) is 12.4. The Morgan fingerprint density at radius 1 is 1.24 bits per heavy atom. The van der Waals surface area contributed by atoms with Gasteiger partial charge in [0.25, 0.3) is 5.69 Å². The van der Waals surface area contributed by atoms with E-state index < -0.39 is 4.92 Å². The van der Waals surface area contributed by atoms with E-state index in [0.717, 1.165) is 5.56 Å². The molecule has 0 bridgehead atoms. The Hall–Kier alpha value is -2.93. The highest BCUT2D eigenvalue weighted by atomic mass is 16.7. The third-order valence-corrected chi connectivity index (χ3v) is 3.83. The molecule has 7 heteroatoms. The number of hydrogen-bond acceptors (Lipinski definition) is 6. The average molecular weight is 343 g/mol. The Bertz CT molecular complexity index is 775. The van der Waals surface area contributed by atoms with Crippen LogP contribution in [0.1, 0.15) is 23.1 Å². The number of benzene rings is 2. The first-order valence-electron chi connectivity index (χ1n) is 7.84. The van der Waals surface area contributed by atoms with Gasteiger partial charge in [0, 0.05) is 29.7 Å². The fourth-order valence-corrected chi connectivity index (χ4v) is 2.61. The molecule has 1 aliphatic heterocycles. The molecule has 2 aromatic rings. The molecule has 7 nitrogen and oxygen atoms in total. The molecule has 1 aliphatic rings. The predicted octanol–water partition coefficient (Wildman–Crippen LogP) is 3.14. The van der Waals surface area contributed by atoms with Crippen molar-refractivity contribution in [3.05, 3.63) is 69.3 Å². The van der Waals surface area contributed by atoms with E-state index in [1.807, 2.05) is 30.3 Å². The van der Waals surface area contributed by atoms with Gasteiger partial charge in [-0.05, 0) is 12.0 Å². The Morgan fingerprint density at radius 2 is 2.04 bits per heavy atom. The maximum atomic E-state index is 12.0. The van der Waals surface area contributed by atoms with Crippen LogP contribution in [0, 0.1) is 10.1 Å². The number of hydrogen-bond donors (Lipinski definition) is 0. The van der Waals surface area contributed by atoms with Gasteiger partial charge in [-0.25, -0.2) is 0 Å². The molecule has 0 aromatic heterocycles. The molecule has 3 rings (SSSR count). The molecule has 0 spiro atoms. The van der Waals surface area contributed by atoms with Gasteiger partial charge in [-0.15, -0.1) is 0 Å². The minimum Gasteiger partial charge on any atom is -0.467 e. The normalized spacial score (nSPS) is 12.8. The van der Waals surface area contributed by atoms with E-state index in [0.29, 0.717) is 23.3 Å². The van der Waals surface area contributed by atoms with E-state index in [2.05, 4.69) is 0 Å². The average Bonchev–Trinajstić information content (AvgIpc) is 2.65. The zero-order valence-corrected chi connectivity index (χ0v) is 13.5. The quantitative estimate of drug-likeness (QED) is 0.455. The number of non-ortho nitro benzene ring substituents is 1. The van der Waals surface area contributed by atoms with Crippen LogP contribution in [-0.2, 0) is 33.9 Å². The number of aryl methyl sites for hydroxylation is 1. The fraction of sp³-hybridized carbons (Fsp3) is 0.278. The lowest BCUT2D eigenvalue weighted by Crippen LogP contribution is -2.15. The van der Waals surface area contributed by atoms with Gasteiger partial charge in [0.15, 0.2) is 6.79 Å². The molecule has 0 radical (unpaired) electrons. The van der Waals surface area contributed by atoms with Crippen LogP contribution in [-0.4, -0.2) is 17.7 Å². The van der Waals surface area contributed by atoms with Crippen LogP contribution < -0.4 is 4.74 Å². The molecule has 130 valence electrons. The summed E-state index contributed by atoms with van der Waals surface area (Å²) in [4.78, 5) is 22.5. The van der Waals surface area contributed by atoms with Crippen molar-refractivity contribution in [1.82, 2.24) is 0 Å². The second-order valence-corrected chi connectivity index (χ2v) is 5.61. The summed E-state index contributed by atoms with van der Waals surface area (Å²) in [5.41, 5.74) is 2.02. The maximum Gasteiger partial charge on any atom is 0.306 e. The first-order valence-corrected chi connectivity index (χ1v) is 7.84. The topological polar surface area (TPSA) is 87.9 Å². The lowest BCUT2D eigenvalue weighted by Gasteiger charge is -2.20. The Labute approximate surface area is 144 Å². The molecular formula is C18H17NO6. The van der Waals surface area contributed by atoms with Crippen molar-refractivity contribution in [3.63, 3.8) is 0 Å². The molecule has 0 amide bonds. The van der Waals surface area contributed by atoms with Crippen LogP contribution in [0.3, 0.4) is 0 Å². The summed E-state index contributed by atoms with van der Waals surface area (Å²) in [6.07, 6.45) is 0.822. The molecule has 0 N–H and O–H groups in total. The van der Waals surface area contributed by atoms with Gasteiger partial charge in [-0.3, -0.25) is 14.9 Å². The smallest absolute Gasteiger partial charge is 0.306 e. The van der Waals surface area contributed by atoms with Gasteiger partial charge in [0.05, 0.1) is 11.5 Å². The number of nitro groups is 1. The van der Waals surface area contributed by atoms with Gasteiger partial charge < -0.3 is 14.2 Å². The van der Waals surface area contributed by atoms with Gasteiger partial charge >= 0.3 is 5.97 Å². The van der Waals surface area contributed by atoms with Crippen LogP contribution in [0.25, 0.3) is 0 Å². The van der Waals surface area contributed by atoms with E-state index in [9.17, 15) is 14.9 Å². The first kappa shape index (κ1) is 16.9. The second kappa shape index (κ2) is 7.76. The number of nitro benzene ring substituents is 1. The van der Waals surface area contributed by atoms with Gasteiger partial charge in [0.2, 0.25) is 0 Å². The third-order valence-electron chi connectivity index (χ3n) is 3.83. The molecule has 2 aromatic carbocycles. The Kier molecular flexibility index (Phi) is 5.25. The molecular weight excluding hydrogens is 326 g/mol. The van der Waals surface area contributed by atoms with E-state index in [4.69, 9.17) is 14.2 Å². The van der Waals surface area contributed by atoms with Gasteiger partial charge in [-0.2, -0.15) is 0 Å². The van der Waals surface area contributed by atoms with Crippen LogP contribution in [0.15, 0.2) is 42.5 Å². The fourth-order valence-electron chi connectivity index (χ4n) is 2.61. The van der Waals surface area contributed by atoms with Crippen molar-refractivity contribution in [2.45, 2.75) is 26.1 Å². The van der Waals surface area contributed by atoms with E-state index in [1.165, 1.54) is 12.1 Å². The van der Waals surface area contributed by atoms with Crippen molar-refractivity contribution in [1.29, 1.82) is 0 Å². The SMILES string of the molecule is O=C(CCc1ccccc1)OCc1cc([N+](=O)[O-])cc2c1OCOC2. The summed E-state index contributed by atoms with van der Waals surface area (Å²) in [5.74, 6) is 0.129. The number of carbonyl (C=O) groups excluding carboxylic acids is 1. The summed E-state index contributed by atoms with van der Waals surface area (Å²) < 4.78 is 15.8. The lowest BCUT2D eigenvalue weighted by molar-refractivity contribution is -0.385. The van der Waals surface area contributed by atoms with Crippen molar-refractivity contribution >= 4 is 11.7 Å². The van der Waals surface area contributed by atoms with Crippen LogP contribution in [0.4, 0.5) is 5.69 Å². The third kappa shape index (κ3) is 4.33. The number of carbonyl (C=O) groups is 1. The predicted molar refractivity (Wildman–Crippen MR) is 87.9 cm³/mol. The number of rotatable bonds is 6. The van der Waals surface area contributed by atoms with E-state index >= 15 is 0 Å². The zero-order chi connectivity index (χ0) is 17.6. The zero-order valence-electron chi connectivity index (χ0n) is 13.5. The van der Waals surface area contributed by atoms with Crippen molar-refractivity contribution < 1.29 is 23.9 Å². The Morgan fingerprint density at radius 3 is 2.80 bits per heavy atom. The molecule has 25 heavy (non-hydrogen) atoms. The minimum atomic E-state index is -0.490. The highest BCUT2D eigenvalue weighted by molar-refractivity contribution is 5.70. The van der Waals surface area contributed by atoms with Crippen molar-refractivity contribution in [2.75, 3.05) is 6.79 Å². The number of nitrogens with zero attached hydrogens (tertiary/aromatic N) is 1. The summed E-state index contributed by atoms with van der Waals surface area (Å²) in [5, 5.41) is 11.1. The van der Waals surface area contributed by atoms with Gasteiger partial charge in [0.1, 0.15) is 12.4 Å². The standard InChI is InChI=1S/C18H17NO6/c20-17(7-6-13-4-2-1-3-5-13)24-11-15-9-16(19(21)22)8-14-10-23-12-25-18(14)15/h1-5,8-9H,6-7,10-12H2. The molecule has 1 heterocycles. The lowest BCUT2D eigenvalue weighted by atomic mass is 10.1. The molecule has 0 atom stereocenters. The molecule has 0 fully saturated rings. The largest absolute Gasteiger partial charge is 0.467 e. The van der Waals surface area contributed by atoms with Gasteiger partial charge in [-0.1, -0.05) is 30.3 Å². The molecule has 0 saturated heterocycles. The van der Waals surface area contributed by atoms with Crippen molar-refractivity contribution in [3.8, 4) is 5.75 Å². The summed E-state index contributed by atoms with van der Waals surface area (Å²) in [7, 11) is 0. The monoisotopic (exact) mass is 343 g/mol. The summed E-state index contributed by atoms with van der Waals surface area (Å²) in [6.45, 7) is 0.226. The second-order valence-electron chi connectivity index (χ2n) is 5.61. The van der Waals surface area contributed by atoms with Crippen LogP contribution >= 0.6 is 0 Å². The number of fused-ring (bicyclic) bond motifs is 1. The molecule has 0 aliphatic carbocycles. The highest BCUT2D eigenvalue weighted by Gasteiger charge is 2.21.